The summed E-state index contributed by atoms with van der Waals surface area (Å²) in [5.74, 6) is 1.03. The van der Waals surface area contributed by atoms with Gasteiger partial charge in [0.2, 0.25) is 0 Å². The molecule has 2 heteroatoms. The summed E-state index contributed by atoms with van der Waals surface area (Å²) in [6.45, 7) is 18.8. The highest BCUT2D eigenvalue weighted by Crippen LogP contribution is 2.28. The highest BCUT2D eigenvalue weighted by atomic mass is 15.2. The van der Waals surface area contributed by atoms with Gasteiger partial charge in [0.1, 0.15) is 5.82 Å². The van der Waals surface area contributed by atoms with E-state index in [-0.39, 0.29) is 0 Å². The van der Waals surface area contributed by atoms with Crippen molar-refractivity contribution in [3.05, 3.63) is 42.2 Å². The maximum Gasteiger partial charge on any atom is 0.136 e. The fourth-order valence-corrected chi connectivity index (χ4v) is 2.51. The Morgan fingerprint density at radius 2 is 1.90 bits per heavy atom. The molecule has 0 aliphatic heterocycles. The summed E-state index contributed by atoms with van der Waals surface area (Å²) in [6, 6.07) is 4.63. The molecule has 0 fully saturated rings. The minimum Gasteiger partial charge on any atom is -0.328 e. The minimum atomic E-state index is 0.462. The average molecular weight is 272 g/mol. The number of aryl methyl sites for hydroxylation is 1. The van der Waals surface area contributed by atoms with Crippen molar-refractivity contribution >= 4 is 11.4 Å². The highest BCUT2D eigenvalue weighted by molar-refractivity contribution is 5.62. The van der Waals surface area contributed by atoms with Crippen LogP contribution in [0.1, 0.15) is 58.2 Å². The summed E-state index contributed by atoms with van der Waals surface area (Å²) in [7, 11) is 0. The molecule has 0 radical (unpaired) electrons. The standard InChI is InChI=1S/C18H28N2/c1-8-10-16(9-2)20(14(5)6)18-15(7)11-12-17(19-18)13(3)4/h11-12,16H,3,5,8-10H2,1-2,4,6-7H3. The van der Waals surface area contributed by atoms with Gasteiger partial charge in [-0.3, -0.25) is 0 Å². The lowest BCUT2D eigenvalue weighted by atomic mass is 10.1. The van der Waals surface area contributed by atoms with E-state index in [0.29, 0.717) is 6.04 Å². The molecular weight excluding hydrogens is 244 g/mol. The molecule has 0 bridgehead atoms. The molecule has 0 N–H and O–H groups in total. The van der Waals surface area contributed by atoms with Crippen LogP contribution in [0.15, 0.2) is 31.0 Å². The van der Waals surface area contributed by atoms with E-state index >= 15 is 0 Å². The van der Waals surface area contributed by atoms with E-state index in [4.69, 9.17) is 4.98 Å². The smallest absolute Gasteiger partial charge is 0.136 e. The third-order valence-electron chi connectivity index (χ3n) is 3.61. The molecule has 1 aromatic rings. The van der Waals surface area contributed by atoms with Crippen LogP contribution < -0.4 is 4.90 Å². The lowest BCUT2D eigenvalue weighted by Gasteiger charge is -2.33. The van der Waals surface area contributed by atoms with Gasteiger partial charge in [0.05, 0.1) is 5.69 Å². The molecule has 0 aliphatic carbocycles. The molecule has 1 aromatic heterocycles. The average Bonchev–Trinajstić information content (AvgIpc) is 2.39. The molecule has 1 heterocycles. The fraction of sp³-hybridized carbons (Fsp3) is 0.500. The molecule has 110 valence electrons. The van der Waals surface area contributed by atoms with E-state index in [1.54, 1.807) is 0 Å². The predicted octanol–water partition coefficient (Wildman–Crippen LogP) is 5.34. The third-order valence-corrected chi connectivity index (χ3v) is 3.61. The Balaban J connectivity index is 3.30. The molecule has 1 atom stereocenters. The first-order valence-corrected chi connectivity index (χ1v) is 7.50. The van der Waals surface area contributed by atoms with Crippen molar-refractivity contribution in [3.63, 3.8) is 0 Å². The molecule has 1 unspecified atom stereocenters. The van der Waals surface area contributed by atoms with Crippen LogP contribution in [0.25, 0.3) is 5.57 Å². The van der Waals surface area contributed by atoms with Gasteiger partial charge in [-0.25, -0.2) is 4.98 Å². The van der Waals surface area contributed by atoms with Gasteiger partial charge in [0.15, 0.2) is 0 Å². The molecule has 0 spiro atoms. The molecule has 0 saturated carbocycles. The summed E-state index contributed by atoms with van der Waals surface area (Å²) >= 11 is 0. The lowest BCUT2D eigenvalue weighted by Crippen LogP contribution is -2.34. The SMILES string of the molecule is C=C(C)c1ccc(C)c(N(C(=C)C)C(CC)CCC)n1. The van der Waals surface area contributed by atoms with Gasteiger partial charge < -0.3 is 4.90 Å². The van der Waals surface area contributed by atoms with Crippen LogP contribution in [-0.2, 0) is 0 Å². The number of hydrogen-bond donors (Lipinski definition) is 0. The van der Waals surface area contributed by atoms with E-state index in [1.807, 2.05) is 13.0 Å². The van der Waals surface area contributed by atoms with Crippen molar-refractivity contribution < 1.29 is 0 Å². The minimum absolute atomic E-state index is 0.462. The van der Waals surface area contributed by atoms with Gasteiger partial charge in [-0.05, 0) is 50.8 Å². The molecule has 0 saturated heterocycles. The number of aromatic nitrogens is 1. The van der Waals surface area contributed by atoms with Gasteiger partial charge in [-0.1, -0.05) is 39.5 Å². The zero-order valence-corrected chi connectivity index (χ0v) is 13.7. The molecular formula is C18H28N2. The van der Waals surface area contributed by atoms with E-state index in [2.05, 4.69) is 51.8 Å². The van der Waals surface area contributed by atoms with Crippen LogP contribution in [0.5, 0.6) is 0 Å². The van der Waals surface area contributed by atoms with E-state index in [9.17, 15) is 0 Å². The zero-order valence-electron chi connectivity index (χ0n) is 13.7. The maximum absolute atomic E-state index is 4.81. The summed E-state index contributed by atoms with van der Waals surface area (Å²) in [5.41, 5.74) is 4.20. The van der Waals surface area contributed by atoms with Crippen molar-refractivity contribution in [3.8, 4) is 0 Å². The largest absolute Gasteiger partial charge is 0.328 e. The van der Waals surface area contributed by atoms with Crippen LogP contribution in [0.2, 0.25) is 0 Å². The second-order valence-electron chi connectivity index (χ2n) is 5.57. The molecule has 20 heavy (non-hydrogen) atoms. The summed E-state index contributed by atoms with van der Waals surface area (Å²) in [5, 5.41) is 0. The van der Waals surface area contributed by atoms with Crippen molar-refractivity contribution in [2.75, 3.05) is 4.90 Å². The number of rotatable bonds is 7. The number of hydrogen-bond acceptors (Lipinski definition) is 2. The Hall–Kier alpha value is -1.57. The summed E-state index contributed by atoms with van der Waals surface area (Å²) < 4.78 is 0. The van der Waals surface area contributed by atoms with Crippen molar-refractivity contribution in [2.24, 2.45) is 0 Å². The molecule has 1 rings (SSSR count). The predicted molar refractivity (Wildman–Crippen MR) is 90.0 cm³/mol. The number of anilines is 1. The number of nitrogens with zero attached hydrogens (tertiary/aromatic N) is 2. The topological polar surface area (TPSA) is 16.1 Å². The van der Waals surface area contributed by atoms with Crippen LogP contribution in [0.3, 0.4) is 0 Å². The van der Waals surface area contributed by atoms with Gasteiger partial charge in [0.25, 0.3) is 0 Å². The Labute approximate surface area is 124 Å². The van der Waals surface area contributed by atoms with Gasteiger partial charge >= 0.3 is 0 Å². The number of pyridine rings is 1. The first kappa shape index (κ1) is 16.5. The Bertz CT molecular complexity index is 488. The first-order valence-electron chi connectivity index (χ1n) is 7.50. The Morgan fingerprint density at radius 1 is 1.25 bits per heavy atom. The summed E-state index contributed by atoms with van der Waals surface area (Å²) in [6.07, 6.45) is 3.42. The van der Waals surface area contributed by atoms with Crippen molar-refractivity contribution in [2.45, 2.75) is 59.9 Å². The Kier molecular flexibility index (Phi) is 6.00. The van der Waals surface area contributed by atoms with Gasteiger partial charge in [-0.15, -0.1) is 0 Å². The van der Waals surface area contributed by atoms with Crippen LogP contribution in [0, 0.1) is 6.92 Å². The summed E-state index contributed by atoms with van der Waals surface area (Å²) in [4.78, 5) is 7.11. The second kappa shape index (κ2) is 7.28. The van der Waals surface area contributed by atoms with Crippen molar-refractivity contribution in [1.29, 1.82) is 0 Å². The monoisotopic (exact) mass is 272 g/mol. The van der Waals surface area contributed by atoms with Gasteiger partial charge in [-0.2, -0.15) is 0 Å². The molecule has 2 nitrogen and oxygen atoms in total. The van der Waals surface area contributed by atoms with Crippen molar-refractivity contribution in [1.82, 2.24) is 4.98 Å². The third kappa shape index (κ3) is 3.72. The van der Waals surface area contributed by atoms with E-state index in [1.165, 1.54) is 12.0 Å². The number of allylic oxidation sites excluding steroid dienone is 2. The van der Waals surface area contributed by atoms with E-state index in [0.717, 1.165) is 35.6 Å². The van der Waals surface area contributed by atoms with E-state index < -0.39 is 0 Å². The maximum atomic E-state index is 4.81. The highest BCUT2D eigenvalue weighted by Gasteiger charge is 2.20. The normalized spacial score (nSPS) is 12.1. The van der Waals surface area contributed by atoms with Crippen LogP contribution in [-0.4, -0.2) is 11.0 Å². The zero-order chi connectivity index (χ0) is 15.3. The molecule has 0 amide bonds. The Morgan fingerprint density at radius 3 is 2.35 bits per heavy atom. The first-order chi connectivity index (χ1) is 9.42. The van der Waals surface area contributed by atoms with Crippen LogP contribution in [0.4, 0.5) is 5.82 Å². The molecule has 0 aromatic carbocycles. The second-order valence-corrected chi connectivity index (χ2v) is 5.57. The van der Waals surface area contributed by atoms with Gasteiger partial charge in [0, 0.05) is 11.7 Å². The van der Waals surface area contributed by atoms with Crippen LogP contribution >= 0.6 is 0 Å². The molecule has 0 aliphatic rings. The quantitative estimate of drug-likeness (QED) is 0.666. The fourth-order valence-electron chi connectivity index (χ4n) is 2.51. The lowest BCUT2D eigenvalue weighted by molar-refractivity contribution is 0.554.